The maximum atomic E-state index is 12.6. The van der Waals surface area contributed by atoms with Crippen molar-refractivity contribution in [3.8, 4) is 0 Å². The van der Waals surface area contributed by atoms with Crippen molar-refractivity contribution < 1.29 is 4.39 Å². The SMILES string of the molecule is Nc1nsc2ccc(F)cc12. The molecule has 1 aromatic heterocycles. The highest BCUT2D eigenvalue weighted by Crippen LogP contribution is 2.24. The van der Waals surface area contributed by atoms with Gasteiger partial charge in [0.2, 0.25) is 0 Å². The highest BCUT2D eigenvalue weighted by Gasteiger charge is 2.02. The Morgan fingerprint density at radius 3 is 3.09 bits per heavy atom. The Kier molecular flexibility index (Phi) is 1.29. The van der Waals surface area contributed by atoms with E-state index >= 15 is 0 Å². The second kappa shape index (κ2) is 2.17. The number of anilines is 1. The molecule has 0 aliphatic carbocycles. The molecule has 2 rings (SSSR count). The normalized spacial score (nSPS) is 10.6. The molecule has 4 heteroatoms. The highest BCUT2D eigenvalue weighted by atomic mass is 32.1. The Hall–Kier alpha value is -1.16. The number of aromatic nitrogens is 1. The van der Waals surface area contributed by atoms with Crippen molar-refractivity contribution in [2.45, 2.75) is 0 Å². The van der Waals surface area contributed by atoms with Crippen LogP contribution < -0.4 is 5.73 Å². The first-order valence-electron chi connectivity index (χ1n) is 3.08. The van der Waals surface area contributed by atoms with Gasteiger partial charge in [-0.25, -0.2) is 4.39 Å². The Morgan fingerprint density at radius 1 is 1.45 bits per heavy atom. The predicted octanol–water partition coefficient (Wildman–Crippen LogP) is 2.02. The molecule has 11 heavy (non-hydrogen) atoms. The van der Waals surface area contributed by atoms with Gasteiger partial charge in [0, 0.05) is 5.39 Å². The average Bonchev–Trinajstić information content (AvgIpc) is 2.33. The molecule has 1 heterocycles. The highest BCUT2D eigenvalue weighted by molar-refractivity contribution is 7.13. The van der Waals surface area contributed by atoms with E-state index in [-0.39, 0.29) is 5.82 Å². The van der Waals surface area contributed by atoms with Gasteiger partial charge in [0.1, 0.15) is 11.6 Å². The van der Waals surface area contributed by atoms with Gasteiger partial charge >= 0.3 is 0 Å². The number of nitrogens with zero attached hydrogens (tertiary/aromatic N) is 1. The summed E-state index contributed by atoms with van der Waals surface area (Å²) in [5.41, 5.74) is 5.48. The second-order valence-electron chi connectivity index (χ2n) is 2.21. The summed E-state index contributed by atoms with van der Waals surface area (Å²) in [4.78, 5) is 0. The largest absolute Gasteiger partial charge is 0.382 e. The Morgan fingerprint density at radius 2 is 2.27 bits per heavy atom. The third-order valence-corrected chi connectivity index (χ3v) is 2.30. The molecule has 0 saturated carbocycles. The average molecular weight is 168 g/mol. The first-order chi connectivity index (χ1) is 5.27. The van der Waals surface area contributed by atoms with Gasteiger partial charge in [-0.15, -0.1) is 0 Å². The summed E-state index contributed by atoms with van der Waals surface area (Å²) in [6, 6.07) is 4.48. The van der Waals surface area contributed by atoms with E-state index in [1.54, 1.807) is 6.07 Å². The second-order valence-corrected chi connectivity index (χ2v) is 3.01. The maximum Gasteiger partial charge on any atom is 0.145 e. The number of hydrogen-bond donors (Lipinski definition) is 1. The molecule has 0 amide bonds. The minimum Gasteiger partial charge on any atom is -0.382 e. The summed E-state index contributed by atoms with van der Waals surface area (Å²) in [6.45, 7) is 0. The van der Waals surface area contributed by atoms with Crippen molar-refractivity contribution in [1.82, 2.24) is 4.37 Å². The van der Waals surface area contributed by atoms with Crippen LogP contribution in [0.5, 0.6) is 0 Å². The van der Waals surface area contributed by atoms with Crippen LogP contribution >= 0.6 is 11.5 Å². The van der Waals surface area contributed by atoms with Crippen LogP contribution in [0.4, 0.5) is 10.2 Å². The predicted molar refractivity (Wildman–Crippen MR) is 44.0 cm³/mol. The maximum absolute atomic E-state index is 12.6. The molecule has 2 nitrogen and oxygen atoms in total. The fourth-order valence-electron chi connectivity index (χ4n) is 0.929. The van der Waals surface area contributed by atoms with Crippen molar-refractivity contribution in [2.75, 3.05) is 5.73 Å². The fourth-order valence-corrected chi connectivity index (χ4v) is 1.62. The van der Waals surface area contributed by atoms with Crippen LogP contribution in [-0.2, 0) is 0 Å². The van der Waals surface area contributed by atoms with E-state index in [0.29, 0.717) is 11.2 Å². The molecule has 2 aromatic rings. The fraction of sp³-hybridized carbons (Fsp3) is 0. The van der Waals surface area contributed by atoms with E-state index in [1.165, 1.54) is 23.7 Å². The third kappa shape index (κ3) is 0.952. The summed E-state index contributed by atoms with van der Waals surface area (Å²) in [5.74, 6) is 0.133. The molecule has 0 bridgehead atoms. The van der Waals surface area contributed by atoms with E-state index in [1.807, 2.05) is 0 Å². The molecule has 0 aliphatic heterocycles. The van der Waals surface area contributed by atoms with Crippen LogP contribution in [0.15, 0.2) is 18.2 Å². The van der Waals surface area contributed by atoms with Crippen LogP contribution in [0.3, 0.4) is 0 Å². The zero-order chi connectivity index (χ0) is 7.84. The number of fused-ring (bicyclic) bond motifs is 1. The summed E-state index contributed by atoms with van der Waals surface area (Å²) in [7, 11) is 0. The lowest BCUT2D eigenvalue weighted by atomic mass is 10.2. The van der Waals surface area contributed by atoms with Crippen molar-refractivity contribution in [3.05, 3.63) is 24.0 Å². The van der Waals surface area contributed by atoms with Gasteiger partial charge in [0.25, 0.3) is 0 Å². The van der Waals surface area contributed by atoms with Crippen molar-refractivity contribution in [1.29, 1.82) is 0 Å². The molecule has 0 saturated heterocycles. The number of nitrogen functional groups attached to an aromatic ring is 1. The number of hydrogen-bond acceptors (Lipinski definition) is 3. The lowest BCUT2D eigenvalue weighted by Crippen LogP contribution is -1.83. The molecule has 2 N–H and O–H groups in total. The molecule has 0 atom stereocenters. The molecular weight excluding hydrogens is 163 g/mol. The van der Waals surface area contributed by atoms with Gasteiger partial charge in [0.15, 0.2) is 0 Å². The number of nitrogens with two attached hydrogens (primary N) is 1. The topological polar surface area (TPSA) is 38.9 Å². The van der Waals surface area contributed by atoms with Crippen molar-refractivity contribution in [2.24, 2.45) is 0 Å². The smallest absolute Gasteiger partial charge is 0.145 e. The van der Waals surface area contributed by atoms with Crippen LogP contribution in [0, 0.1) is 5.82 Å². The first kappa shape index (κ1) is 6.54. The summed E-state index contributed by atoms with van der Waals surface area (Å²) in [5, 5.41) is 0.704. The summed E-state index contributed by atoms with van der Waals surface area (Å²) < 4.78 is 17.4. The molecule has 0 aliphatic rings. The lowest BCUT2D eigenvalue weighted by molar-refractivity contribution is 0.630. The van der Waals surface area contributed by atoms with E-state index in [0.717, 1.165) is 4.70 Å². The Balaban J connectivity index is 2.87. The molecule has 0 radical (unpaired) electrons. The summed E-state index contributed by atoms with van der Waals surface area (Å²) in [6.07, 6.45) is 0. The van der Waals surface area contributed by atoms with Crippen LogP contribution in [-0.4, -0.2) is 4.37 Å². The van der Waals surface area contributed by atoms with E-state index in [4.69, 9.17) is 5.73 Å². The molecular formula is C7H5FN2S. The molecule has 56 valence electrons. The Bertz CT molecular complexity index is 396. The summed E-state index contributed by atoms with van der Waals surface area (Å²) >= 11 is 1.28. The van der Waals surface area contributed by atoms with Crippen LogP contribution in [0.25, 0.3) is 10.1 Å². The van der Waals surface area contributed by atoms with E-state index in [9.17, 15) is 4.39 Å². The van der Waals surface area contributed by atoms with Crippen molar-refractivity contribution in [3.63, 3.8) is 0 Å². The zero-order valence-corrected chi connectivity index (χ0v) is 6.36. The number of rotatable bonds is 0. The van der Waals surface area contributed by atoms with Crippen LogP contribution in [0.1, 0.15) is 0 Å². The standard InChI is InChI=1S/C7H5FN2S/c8-4-1-2-6-5(3-4)7(9)10-11-6/h1-3H,(H2,9,10). The monoisotopic (exact) mass is 168 g/mol. The molecule has 0 spiro atoms. The quantitative estimate of drug-likeness (QED) is 0.653. The van der Waals surface area contributed by atoms with Gasteiger partial charge in [-0.2, -0.15) is 4.37 Å². The van der Waals surface area contributed by atoms with Gasteiger partial charge < -0.3 is 5.73 Å². The molecule has 1 aromatic carbocycles. The number of benzene rings is 1. The lowest BCUT2D eigenvalue weighted by Gasteiger charge is -1.88. The van der Waals surface area contributed by atoms with E-state index < -0.39 is 0 Å². The molecule has 0 unspecified atom stereocenters. The Labute approximate surface area is 66.6 Å². The van der Waals surface area contributed by atoms with Crippen molar-refractivity contribution >= 4 is 27.4 Å². The zero-order valence-electron chi connectivity index (χ0n) is 5.54. The van der Waals surface area contributed by atoms with Gasteiger partial charge in [-0.3, -0.25) is 0 Å². The van der Waals surface area contributed by atoms with E-state index in [2.05, 4.69) is 4.37 Å². The van der Waals surface area contributed by atoms with Gasteiger partial charge in [0.05, 0.1) is 4.70 Å². The van der Waals surface area contributed by atoms with Crippen LogP contribution in [0.2, 0.25) is 0 Å². The van der Waals surface area contributed by atoms with Gasteiger partial charge in [-0.1, -0.05) is 0 Å². The minimum absolute atomic E-state index is 0.274. The number of halogens is 1. The third-order valence-electron chi connectivity index (χ3n) is 1.46. The van der Waals surface area contributed by atoms with Gasteiger partial charge in [-0.05, 0) is 29.7 Å². The first-order valence-corrected chi connectivity index (χ1v) is 3.85. The molecule has 0 fully saturated rings. The minimum atomic E-state index is -0.274.